The van der Waals surface area contributed by atoms with Crippen molar-refractivity contribution in [2.45, 2.75) is 26.2 Å². The number of hydrazone groups is 1. The number of hydrogen-bond acceptors (Lipinski definition) is 3. The second kappa shape index (κ2) is 9.67. The summed E-state index contributed by atoms with van der Waals surface area (Å²) in [7, 11) is 0. The first kappa shape index (κ1) is 15.8. The molecule has 0 atom stereocenters. The first-order chi connectivity index (χ1) is 9.27. The van der Waals surface area contributed by atoms with Crippen LogP contribution in [0.4, 0.5) is 0 Å². The fourth-order valence-corrected chi connectivity index (χ4v) is 1.91. The van der Waals surface area contributed by atoms with Crippen LogP contribution in [-0.2, 0) is 0 Å². The highest BCUT2D eigenvalue weighted by Gasteiger charge is 1.99. The van der Waals surface area contributed by atoms with Gasteiger partial charge in [-0.05, 0) is 50.5 Å². The molecule has 4 nitrogen and oxygen atoms in total. The monoisotopic (exact) mass is 327 g/mol. The average molecular weight is 328 g/mol. The fourth-order valence-electron chi connectivity index (χ4n) is 1.51. The molecule has 0 aliphatic heterocycles. The Labute approximate surface area is 123 Å². The quantitative estimate of drug-likeness (QED) is 0.241. The van der Waals surface area contributed by atoms with Crippen molar-refractivity contribution in [3.8, 4) is 5.75 Å². The molecule has 0 heterocycles. The molecule has 3 N–H and O–H groups in total. The number of rotatable bonds is 9. The van der Waals surface area contributed by atoms with Crippen LogP contribution in [0.15, 0.2) is 29.4 Å². The van der Waals surface area contributed by atoms with Gasteiger partial charge in [0, 0.05) is 17.4 Å². The van der Waals surface area contributed by atoms with E-state index in [4.69, 9.17) is 10.5 Å². The second-order valence-electron chi connectivity index (χ2n) is 4.13. The Morgan fingerprint density at radius 2 is 2.00 bits per heavy atom. The van der Waals surface area contributed by atoms with Crippen LogP contribution >= 0.6 is 15.9 Å². The number of alkyl halides is 1. The third kappa shape index (κ3) is 6.47. The molecular formula is C14H22BrN3O. The van der Waals surface area contributed by atoms with Crippen LogP contribution in [0.25, 0.3) is 0 Å². The molecule has 1 rings (SSSR count). The van der Waals surface area contributed by atoms with Crippen molar-refractivity contribution in [1.82, 2.24) is 5.43 Å². The van der Waals surface area contributed by atoms with Gasteiger partial charge in [0.1, 0.15) is 5.75 Å². The number of nitrogens with one attached hydrogen (secondary N) is 1. The summed E-state index contributed by atoms with van der Waals surface area (Å²) in [6, 6.07) is 7.69. The van der Waals surface area contributed by atoms with E-state index in [-0.39, 0.29) is 0 Å². The van der Waals surface area contributed by atoms with Gasteiger partial charge in [0.05, 0.1) is 6.61 Å². The maximum absolute atomic E-state index is 5.83. The predicted molar refractivity (Wildman–Crippen MR) is 84.0 cm³/mol. The average Bonchev–Trinajstić information content (AvgIpc) is 2.45. The number of nitrogens with zero attached hydrogens (tertiary/aromatic N) is 1. The minimum absolute atomic E-state index is 0.491. The van der Waals surface area contributed by atoms with Crippen LogP contribution in [0.3, 0.4) is 0 Å². The molecule has 0 aliphatic carbocycles. The number of amidine groups is 1. The summed E-state index contributed by atoms with van der Waals surface area (Å²) >= 11 is 3.42. The van der Waals surface area contributed by atoms with Crippen LogP contribution in [0.1, 0.15) is 31.7 Å². The highest BCUT2D eigenvalue weighted by Crippen LogP contribution is 2.12. The molecule has 1 aromatic carbocycles. The number of benzene rings is 1. The largest absolute Gasteiger partial charge is 0.494 e. The Hall–Kier alpha value is -1.23. The molecule has 0 unspecified atom stereocenters. The summed E-state index contributed by atoms with van der Waals surface area (Å²) in [4.78, 5) is 0. The Balaban J connectivity index is 2.39. The van der Waals surface area contributed by atoms with Crippen molar-refractivity contribution >= 4 is 21.8 Å². The first-order valence-electron chi connectivity index (χ1n) is 6.63. The van der Waals surface area contributed by atoms with Crippen LogP contribution in [-0.4, -0.2) is 24.3 Å². The fraction of sp³-hybridized carbons (Fsp3) is 0.500. The lowest BCUT2D eigenvalue weighted by molar-refractivity contribution is 0.306. The molecular weight excluding hydrogens is 306 g/mol. The highest BCUT2D eigenvalue weighted by atomic mass is 79.9. The van der Waals surface area contributed by atoms with Crippen molar-refractivity contribution in [3.63, 3.8) is 0 Å². The van der Waals surface area contributed by atoms with Crippen LogP contribution in [0, 0.1) is 0 Å². The number of nitrogens with two attached hydrogens (primary N) is 1. The molecule has 19 heavy (non-hydrogen) atoms. The normalized spacial score (nSPS) is 11.4. The smallest absolute Gasteiger partial charge is 0.150 e. The Morgan fingerprint density at radius 3 is 2.63 bits per heavy atom. The zero-order chi connectivity index (χ0) is 13.9. The molecule has 0 aliphatic rings. The van der Waals surface area contributed by atoms with Gasteiger partial charge >= 0.3 is 0 Å². The maximum Gasteiger partial charge on any atom is 0.150 e. The van der Waals surface area contributed by atoms with Gasteiger partial charge < -0.3 is 15.9 Å². The molecule has 0 saturated heterocycles. The van der Waals surface area contributed by atoms with E-state index in [0.717, 1.165) is 36.2 Å². The molecule has 0 fully saturated rings. The first-order valence-corrected chi connectivity index (χ1v) is 7.75. The molecule has 0 radical (unpaired) electrons. The van der Waals surface area contributed by atoms with Gasteiger partial charge in [-0.1, -0.05) is 15.9 Å². The number of ether oxygens (including phenoxy) is 1. The van der Waals surface area contributed by atoms with Gasteiger partial charge in [-0.3, -0.25) is 0 Å². The topological polar surface area (TPSA) is 59.6 Å². The molecule has 1 aromatic rings. The standard InChI is InChI=1S/C14H22BrN3O/c1-2-17-18-14(16)12-6-8-13(9-7-12)19-11-5-3-4-10-15/h6-9,17H,2-5,10-11H2,1H3,(H2,16,18). The van der Waals surface area contributed by atoms with Gasteiger partial charge in [0.2, 0.25) is 0 Å². The summed E-state index contributed by atoms with van der Waals surface area (Å²) in [5, 5.41) is 5.10. The van der Waals surface area contributed by atoms with Crippen molar-refractivity contribution < 1.29 is 4.74 Å². The lowest BCUT2D eigenvalue weighted by atomic mass is 10.2. The minimum atomic E-state index is 0.491. The van der Waals surface area contributed by atoms with Gasteiger partial charge in [0.25, 0.3) is 0 Å². The summed E-state index contributed by atoms with van der Waals surface area (Å²) < 4.78 is 5.66. The third-order valence-electron chi connectivity index (χ3n) is 2.55. The van der Waals surface area contributed by atoms with Crippen molar-refractivity contribution in [2.75, 3.05) is 18.5 Å². The van der Waals surface area contributed by atoms with E-state index in [2.05, 4.69) is 26.5 Å². The molecule has 0 saturated carbocycles. The van der Waals surface area contributed by atoms with E-state index in [1.165, 1.54) is 12.8 Å². The molecule has 106 valence electrons. The number of hydrogen-bond donors (Lipinski definition) is 2. The lowest BCUT2D eigenvalue weighted by Crippen LogP contribution is -2.18. The molecule has 0 bridgehead atoms. The highest BCUT2D eigenvalue weighted by molar-refractivity contribution is 9.09. The van der Waals surface area contributed by atoms with E-state index in [1.807, 2.05) is 31.2 Å². The minimum Gasteiger partial charge on any atom is -0.494 e. The zero-order valence-corrected chi connectivity index (χ0v) is 12.9. The summed E-state index contributed by atoms with van der Waals surface area (Å²) in [6.45, 7) is 3.49. The third-order valence-corrected chi connectivity index (χ3v) is 3.12. The van der Waals surface area contributed by atoms with E-state index in [0.29, 0.717) is 5.84 Å². The van der Waals surface area contributed by atoms with Crippen LogP contribution in [0.5, 0.6) is 5.75 Å². The van der Waals surface area contributed by atoms with Crippen molar-refractivity contribution in [3.05, 3.63) is 29.8 Å². The van der Waals surface area contributed by atoms with Gasteiger partial charge in [-0.2, -0.15) is 5.10 Å². The van der Waals surface area contributed by atoms with E-state index < -0.39 is 0 Å². The predicted octanol–water partition coefficient (Wildman–Crippen LogP) is 2.86. The molecule has 0 spiro atoms. The Morgan fingerprint density at radius 1 is 1.26 bits per heavy atom. The maximum atomic E-state index is 5.83. The van der Waals surface area contributed by atoms with Gasteiger partial charge in [-0.25, -0.2) is 0 Å². The van der Waals surface area contributed by atoms with E-state index in [1.54, 1.807) is 0 Å². The Kier molecular flexibility index (Phi) is 8.05. The summed E-state index contributed by atoms with van der Waals surface area (Å²) in [6.07, 6.45) is 3.46. The van der Waals surface area contributed by atoms with Crippen molar-refractivity contribution in [1.29, 1.82) is 0 Å². The van der Waals surface area contributed by atoms with Crippen LogP contribution in [0.2, 0.25) is 0 Å². The van der Waals surface area contributed by atoms with Gasteiger partial charge in [-0.15, -0.1) is 0 Å². The number of halogens is 1. The zero-order valence-electron chi connectivity index (χ0n) is 11.4. The number of unbranched alkanes of at least 4 members (excludes halogenated alkanes) is 2. The summed E-state index contributed by atoms with van der Waals surface area (Å²) in [5.74, 6) is 1.37. The second-order valence-corrected chi connectivity index (χ2v) is 4.92. The van der Waals surface area contributed by atoms with E-state index in [9.17, 15) is 0 Å². The Bertz CT molecular complexity index is 379. The van der Waals surface area contributed by atoms with Gasteiger partial charge in [0.15, 0.2) is 5.84 Å². The molecule has 5 heteroatoms. The molecule has 0 amide bonds. The summed E-state index contributed by atoms with van der Waals surface area (Å²) in [5.41, 5.74) is 9.57. The van der Waals surface area contributed by atoms with E-state index >= 15 is 0 Å². The van der Waals surface area contributed by atoms with Crippen LogP contribution < -0.4 is 15.9 Å². The SMILES string of the molecule is CCN/N=C(\N)c1ccc(OCCCCCBr)cc1. The lowest BCUT2D eigenvalue weighted by Gasteiger charge is -2.07. The van der Waals surface area contributed by atoms with Crippen molar-refractivity contribution in [2.24, 2.45) is 10.8 Å². The molecule has 0 aromatic heterocycles.